The Labute approximate surface area is 139 Å². The van der Waals surface area contributed by atoms with Gasteiger partial charge in [-0.25, -0.2) is 0 Å². The van der Waals surface area contributed by atoms with Gasteiger partial charge < -0.3 is 15.2 Å². The van der Waals surface area contributed by atoms with E-state index in [4.69, 9.17) is 9.84 Å². The normalized spacial score (nSPS) is 11.1. The predicted octanol–water partition coefficient (Wildman–Crippen LogP) is 3.01. The minimum Gasteiger partial charge on any atom is -0.496 e. The Morgan fingerprint density at radius 3 is 2.59 bits per heavy atom. The summed E-state index contributed by atoms with van der Waals surface area (Å²) in [6, 6.07) is 5.71. The molecule has 5 nitrogen and oxygen atoms in total. The molecule has 0 radical (unpaired) electrons. The zero-order valence-electron chi connectivity index (χ0n) is 13.1. The maximum atomic E-state index is 11.8. The van der Waals surface area contributed by atoms with Crippen molar-refractivity contribution < 1.29 is 19.4 Å². The van der Waals surface area contributed by atoms with Crippen molar-refractivity contribution in [2.45, 2.75) is 33.1 Å². The van der Waals surface area contributed by atoms with Gasteiger partial charge in [-0.05, 0) is 60.3 Å². The molecule has 0 spiro atoms. The van der Waals surface area contributed by atoms with Gasteiger partial charge in [0, 0.05) is 13.0 Å². The van der Waals surface area contributed by atoms with Crippen molar-refractivity contribution in [3.05, 3.63) is 28.2 Å². The summed E-state index contributed by atoms with van der Waals surface area (Å²) in [5, 5.41) is 11.8. The number of carboxylic acid groups (broad SMARTS) is 1. The average molecular weight is 372 g/mol. The molecule has 122 valence electrons. The molecule has 0 unspecified atom stereocenters. The third-order valence-corrected chi connectivity index (χ3v) is 4.13. The molecule has 0 aliphatic heterocycles. The topological polar surface area (TPSA) is 75.6 Å². The second-order valence-electron chi connectivity index (χ2n) is 5.76. The molecule has 0 saturated heterocycles. The SMILES string of the molecule is COc1ccc(CCC(=O)NCCC(C)(C)C(=O)O)cc1Br. The molecule has 0 heterocycles. The molecule has 1 aromatic rings. The van der Waals surface area contributed by atoms with E-state index in [0.29, 0.717) is 25.8 Å². The van der Waals surface area contributed by atoms with E-state index >= 15 is 0 Å². The monoisotopic (exact) mass is 371 g/mol. The van der Waals surface area contributed by atoms with Crippen molar-refractivity contribution in [2.24, 2.45) is 5.41 Å². The number of hydrogen-bond acceptors (Lipinski definition) is 3. The summed E-state index contributed by atoms with van der Waals surface area (Å²) in [7, 11) is 1.60. The quantitative estimate of drug-likeness (QED) is 0.736. The molecule has 0 aliphatic carbocycles. The van der Waals surface area contributed by atoms with Crippen LogP contribution in [-0.2, 0) is 16.0 Å². The lowest BCUT2D eigenvalue weighted by molar-refractivity contribution is -0.147. The standard InChI is InChI=1S/C16H22BrNO4/c1-16(2,15(20)21)8-9-18-14(19)7-5-11-4-6-13(22-3)12(17)10-11/h4,6,10H,5,7-9H2,1-3H3,(H,18,19)(H,20,21). The summed E-state index contributed by atoms with van der Waals surface area (Å²) in [6.45, 7) is 3.66. The third kappa shape index (κ3) is 5.67. The molecule has 0 aliphatic rings. The van der Waals surface area contributed by atoms with Crippen molar-refractivity contribution >= 4 is 27.8 Å². The lowest BCUT2D eigenvalue weighted by Crippen LogP contribution is -2.32. The van der Waals surface area contributed by atoms with Crippen LogP contribution in [0.1, 0.15) is 32.3 Å². The lowest BCUT2D eigenvalue weighted by Gasteiger charge is -2.18. The van der Waals surface area contributed by atoms with Crippen LogP contribution in [0.25, 0.3) is 0 Å². The zero-order chi connectivity index (χ0) is 16.8. The minimum absolute atomic E-state index is 0.0758. The number of halogens is 1. The van der Waals surface area contributed by atoms with E-state index in [2.05, 4.69) is 21.2 Å². The first-order valence-corrected chi connectivity index (χ1v) is 7.88. The minimum atomic E-state index is -0.857. The molecule has 0 bridgehead atoms. The number of nitrogens with one attached hydrogen (secondary N) is 1. The van der Waals surface area contributed by atoms with Gasteiger partial charge in [-0.2, -0.15) is 0 Å². The maximum Gasteiger partial charge on any atom is 0.309 e. The number of ether oxygens (including phenoxy) is 1. The maximum absolute atomic E-state index is 11.8. The Balaban J connectivity index is 2.37. The largest absolute Gasteiger partial charge is 0.496 e. The van der Waals surface area contributed by atoms with Crippen molar-refractivity contribution in [2.75, 3.05) is 13.7 Å². The fourth-order valence-electron chi connectivity index (χ4n) is 1.83. The van der Waals surface area contributed by atoms with Gasteiger partial charge in [0.1, 0.15) is 5.75 Å². The number of methoxy groups -OCH3 is 1. The molecule has 0 aromatic heterocycles. The van der Waals surface area contributed by atoms with E-state index in [1.54, 1.807) is 21.0 Å². The van der Waals surface area contributed by atoms with Crippen LogP contribution in [0.3, 0.4) is 0 Å². The molecule has 0 saturated carbocycles. The number of carbonyl (C=O) groups excluding carboxylic acids is 1. The van der Waals surface area contributed by atoms with Crippen LogP contribution in [0.15, 0.2) is 22.7 Å². The fraction of sp³-hybridized carbons (Fsp3) is 0.500. The first-order chi connectivity index (χ1) is 10.3. The Morgan fingerprint density at radius 2 is 2.05 bits per heavy atom. The number of carbonyl (C=O) groups is 2. The fourth-order valence-corrected chi connectivity index (χ4v) is 2.42. The summed E-state index contributed by atoms with van der Waals surface area (Å²) in [5.41, 5.74) is 0.211. The van der Waals surface area contributed by atoms with E-state index in [9.17, 15) is 9.59 Å². The number of aliphatic carboxylic acids is 1. The number of benzene rings is 1. The van der Waals surface area contributed by atoms with E-state index in [0.717, 1.165) is 15.8 Å². The van der Waals surface area contributed by atoms with Crippen LogP contribution in [-0.4, -0.2) is 30.6 Å². The van der Waals surface area contributed by atoms with E-state index in [1.165, 1.54) is 0 Å². The first-order valence-electron chi connectivity index (χ1n) is 7.09. The summed E-state index contributed by atoms with van der Waals surface area (Å²) in [6.07, 6.45) is 1.39. The number of aryl methyl sites for hydroxylation is 1. The lowest BCUT2D eigenvalue weighted by atomic mass is 9.90. The Morgan fingerprint density at radius 1 is 1.36 bits per heavy atom. The van der Waals surface area contributed by atoms with Gasteiger partial charge in [0.15, 0.2) is 0 Å². The van der Waals surface area contributed by atoms with E-state index in [1.807, 2.05) is 18.2 Å². The Kier molecular flexibility index (Phi) is 6.87. The summed E-state index contributed by atoms with van der Waals surface area (Å²) in [5.74, 6) is -0.179. The molecule has 1 rings (SSSR count). The molecule has 1 aromatic carbocycles. The average Bonchev–Trinajstić information content (AvgIpc) is 2.45. The highest BCUT2D eigenvalue weighted by Crippen LogP contribution is 2.26. The molecular formula is C16H22BrNO4. The number of amides is 1. The number of hydrogen-bond donors (Lipinski definition) is 2. The van der Waals surface area contributed by atoms with Crippen molar-refractivity contribution in [1.82, 2.24) is 5.32 Å². The number of rotatable bonds is 8. The molecular weight excluding hydrogens is 350 g/mol. The van der Waals surface area contributed by atoms with Gasteiger partial charge in [0.25, 0.3) is 0 Å². The zero-order valence-corrected chi connectivity index (χ0v) is 14.7. The van der Waals surface area contributed by atoms with Crippen LogP contribution in [0.5, 0.6) is 5.75 Å². The van der Waals surface area contributed by atoms with E-state index < -0.39 is 11.4 Å². The van der Waals surface area contributed by atoms with Gasteiger partial charge in [-0.3, -0.25) is 9.59 Å². The van der Waals surface area contributed by atoms with Gasteiger partial charge in [-0.1, -0.05) is 6.07 Å². The molecule has 0 fully saturated rings. The highest BCUT2D eigenvalue weighted by atomic mass is 79.9. The Hall–Kier alpha value is -1.56. The summed E-state index contributed by atoms with van der Waals surface area (Å²) >= 11 is 3.41. The highest BCUT2D eigenvalue weighted by Gasteiger charge is 2.26. The van der Waals surface area contributed by atoms with Gasteiger partial charge in [0.2, 0.25) is 5.91 Å². The van der Waals surface area contributed by atoms with Crippen LogP contribution >= 0.6 is 15.9 Å². The molecule has 2 N–H and O–H groups in total. The molecule has 1 amide bonds. The van der Waals surface area contributed by atoms with Gasteiger partial charge in [0.05, 0.1) is 17.0 Å². The smallest absolute Gasteiger partial charge is 0.309 e. The first kappa shape index (κ1) is 18.5. The predicted molar refractivity (Wildman–Crippen MR) is 88.1 cm³/mol. The summed E-state index contributed by atoms with van der Waals surface area (Å²) in [4.78, 5) is 22.7. The van der Waals surface area contributed by atoms with Gasteiger partial charge in [-0.15, -0.1) is 0 Å². The third-order valence-electron chi connectivity index (χ3n) is 3.51. The second-order valence-corrected chi connectivity index (χ2v) is 6.61. The number of carboxylic acids is 1. The second kappa shape index (κ2) is 8.17. The molecule has 22 heavy (non-hydrogen) atoms. The van der Waals surface area contributed by atoms with Crippen LogP contribution in [0, 0.1) is 5.41 Å². The molecule has 0 atom stereocenters. The van der Waals surface area contributed by atoms with E-state index in [-0.39, 0.29) is 5.91 Å². The van der Waals surface area contributed by atoms with Crippen molar-refractivity contribution in [3.8, 4) is 5.75 Å². The van der Waals surface area contributed by atoms with Crippen LogP contribution in [0.2, 0.25) is 0 Å². The van der Waals surface area contributed by atoms with Gasteiger partial charge >= 0.3 is 5.97 Å². The van der Waals surface area contributed by atoms with Crippen molar-refractivity contribution in [3.63, 3.8) is 0 Å². The summed E-state index contributed by atoms with van der Waals surface area (Å²) < 4.78 is 6.01. The van der Waals surface area contributed by atoms with Crippen molar-refractivity contribution in [1.29, 1.82) is 0 Å². The molecule has 6 heteroatoms. The Bertz CT molecular complexity index is 543. The highest BCUT2D eigenvalue weighted by molar-refractivity contribution is 9.10. The van der Waals surface area contributed by atoms with Crippen LogP contribution < -0.4 is 10.1 Å². The van der Waals surface area contributed by atoms with Crippen LogP contribution in [0.4, 0.5) is 0 Å².